The van der Waals surface area contributed by atoms with E-state index in [1.807, 2.05) is 18.2 Å². The minimum absolute atomic E-state index is 0.123. The predicted octanol–water partition coefficient (Wildman–Crippen LogP) is 1.63. The fourth-order valence-electron chi connectivity index (χ4n) is 2.26. The van der Waals surface area contributed by atoms with Gasteiger partial charge in [-0.3, -0.25) is 4.79 Å². The van der Waals surface area contributed by atoms with Crippen molar-refractivity contribution in [1.29, 1.82) is 0 Å². The van der Waals surface area contributed by atoms with Crippen molar-refractivity contribution in [3.63, 3.8) is 0 Å². The van der Waals surface area contributed by atoms with Crippen molar-refractivity contribution < 1.29 is 23.1 Å². The molecule has 22 heavy (non-hydrogen) atoms. The first-order valence-electron chi connectivity index (χ1n) is 7.15. The van der Waals surface area contributed by atoms with Crippen molar-refractivity contribution in [2.45, 2.75) is 37.5 Å². The molecule has 1 fully saturated rings. The molecule has 1 aliphatic carbocycles. The van der Waals surface area contributed by atoms with Crippen LogP contribution in [-0.4, -0.2) is 36.9 Å². The molecular weight excluding hydrogens is 306 g/mol. The van der Waals surface area contributed by atoms with Crippen LogP contribution in [0.25, 0.3) is 0 Å². The number of carboxylic acids is 1. The van der Waals surface area contributed by atoms with E-state index in [1.165, 1.54) is 0 Å². The molecule has 1 aliphatic rings. The lowest BCUT2D eigenvalue weighted by atomic mass is 9.85. The molecule has 0 atom stereocenters. The summed E-state index contributed by atoms with van der Waals surface area (Å²) in [4.78, 5) is 10.7. The zero-order valence-electron chi connectivity index (χ0n) is 12.7. The van der Waals surface area contributed by atoms with E-state index in [2.05, 4.69) is 4.72 Å². The Labute approximate surface area is 130 Å². The van der Waals surface area contributed by atoms with E-state index < -0.39 is 32.8 Å². The third kappa shape index (κ3) is 4.20. The van der Waals surface area contributed by atoms with Crippen LogP contribution in [0.2, 0.25) is 0 Å². The molecule has 7 heteroatoms. The summed E-state index contributed by atoms with van der Waals surface area (Å²) in [5.74, 6) is -0.810. The number of rotatable bonds is 7. The Hall–Kier alpha value is -1.60. The molecule has 0 aliphatic heterocycles. The van der Waals surface area contributed by atoms with Crippen LogP contribution in [0.5, 0.6) is 5.75 Å². The Bertz CT molecular complexity index is 621. The highest BCUT2D eigenvalue weighted by molar-refractivity contribution is 7.90. The Morgan fingerprint density at radius 2 is 1.91 bits per heavy atom. The minimum atomic E-state index is -3.51. The molecule has 0 unspecified atom stereocenters. The third-order valence-corrected chi connectivity index (χ3v) is 5.53. The molecule has 0 saturated heterocycles. The molecule has 0 radical (unpaired) electrons. The summed E-state index contributed by atoms with van der Waals surface area (Å²) in [6.07, 6.45) is 0.343. The van der Waals surface area contributed by atoms with Gasteiger partial charge in [-0.25, -0.2) is 13.1 Å². The highest BCUT2D eigenvalue weighted by atomic mass is 32.2. The molecule has 2 N–H and O–H groups in total. The van der Waals surface area contributed by atoms with Crippen molar-refractivity contribution in [3.05, 3.63) is 30.3 Å². The van der Waals surface area contributed by atoms with Crippen LogP contribution in [0.3, 0.4) is 0 Å². The molecule has 0 amide bonds. The minimum Gasteiger partial charge on any atom is -0.487 e. The Kier molecular flexibility index (Phi) is 4.77. The van der Waals surface area contributed by atoms with Crippen LogP contribution < -0.4 is 9.46 Å². The first-order valence-corrected chi connectivity index (χ1v) is 8.69. The summed E-state index contributed by atoms with van der Waals surface area (Å²) in [5, 5.41) is 8.18. The van der Waals surface area contributed by atoms with Gasteiger partial charge in [0, 0.05) is 6.54 Å². The van der Waals surface area contributed by atoms with Gasteiger partial charge in [-0.2, -0.15) is 0 Å². The zero-order chi connectivity index (χ0) is 16.4. The van der Waals surface area contributed by atoms with E-state index in [0.29, 0.717) is 5.75 Å². The quantitative estimate of drug-likeness (QED) is 0.794. The number of benzene rings is 1. The maximum absolute atomic E-state index is 12.1. The molecule has 1 aromatic rings. The second kappa shape index (κ2) is 6.26. The van der Waals surface area contributed by atoms with E-state index in [9.17, 15) is 13.2 Å². The fourth-order valence-corrected chi connectivity index (χ4v) is 4.01. The largest absolute Gasteiger partial charge is 0.487 e. The van der Waals surface area contributed by atoms with Gasteiger partial charge in [0.1, 0.15) is 11.4 Å². The Morgan fingerprint density at radius 3 is 2.45 bits per heavy atom. The summed E-state index contributed by atoms with van der Waals surface area (Å²) in [6, 6.07) is 9.17. The summed E-state index contributed by atoms with van der Waals surface area (Å²) < 4.78 is 32.5. The lowest BCUT2D eigenvalue weighted by molar-refractivity contribution is -0.144. The normalized spacial score (nSPS) is 21.9. The SMILES string of the molecule is CC(C)(CNS(=O)(=O)C1CC(C(=O)O)C1)Oc1ccccc1. The van der Waals surface area contributed by atoms with Gasteiger partial charge in [0.25, 0.3) is 0 Å². The Balaban J connectivity index is 1.87. The summed E-state index contributed by atoms with van der Waals surface area (Å²) >= 11 is 0. The molecule has 0 bridgehead atoms. The maximum atomic E-state index is 12.1. The smallest absolute Gasteiger partial charge is 0.306 e. The van der Waals surface area contributed by atoms with Crippen LogP contribution in [-0.2, 0) is 14.8 Å². The zero-order valence-corrected chi connectivity index (χ0v) is 13.5. The van der Waals surface area contributed by atoms with E-state index in [1.54, 1.807) is 26.0 Å². The molecule has 122 valence electrons. The van der Waals surface area contributed by atoms with Crippen LogP contribution in [0.1, 0.15) is 26.7 Å². The van der Waals surface area contributed by atoms with E-state index >= 15 is 0 Å². The van der Waals surface area contributed by atoms with Crippen molar-refractivity contribution in [1.82, 2.24) is 4.72 Å². The second-order valence-corrected chi connectivity index (χ2v) is 8.21. The maximum Gasteiger partial charge on any atom is 0.306 e. The van der Waals surface area contributed by atoms with Crippen molar-refractivity contribution in [3.8, 4) is 5.75 Å². The molecule has 1 aromatic carbocycles. The lowest BCUT2D eigenvalue weighted by Gasteiger charge is -2.33. The molecular formula is C15H21NO5S. The molecule has 6 nitrogen and oxygen atoms in total. The van der Waals surface area contributed by atoms with Gasteiger partial charge < -0.3 is 9.84 Å². The van der Waals surface area contributed by atoms with Crippen LogP contribution >= 0.6 is 0 Å². The third-order valence-electron chi connectivity index (χ3n) is 3.72. The monoisotopic (exact) mass is 327 g/mol. The number of hydrogen-bond acceptors (Lipinski definition) is 4. The van der Waals surface area contributed by atoms with Gasteiger partial charge >= 0.3 is 5.97 Å². The Morgan fingerprint density at radius 1 is 1.32 bits per heavy atom. The van der Waals surface area contributed by atoms with E-state index in [-0.39, 0.29) is 19.4 Å². The molecule has 0 spiro atoms. The first kappa shape index (κ1) is 16.8. The van der Waals surface area contributed by atoms with E-state index in [0.717, 1.165) is 0 Å². The fraction of sp³-hybridized carbons (Fsp3) is 0.533. The number of nitrogens with one attached hydrogen (secondary N) is 1. The van der Waals surface area contributed by atoms with Crippen molar-refractivity contribution >= 4 is 16.0 Å². The molecule has 0 heterocycles. The van der Waals surface area contributed by atoms with Crippen molar-refractivity contribution in [2.24, 2.45) is 5.92 Å². The van der Waals surface area contributed by atoms with Gasteiger partial charge in [0.05, 0.1) is 11.2 Å². The van der Waals surface area contributed by atoms with Gasteiger partial charge in [0.2, 0.25) is 10.0 Å². The topological polar surface area (TPSA) is 92.7 Å². The molecule has 0 aromatic heterocycles. The highest BCUT2D eigenvalue weighted by Gasteiger charge is 2.42. The van der Waals surface area contributed by atoms with Crippen LogP contribution in [0.4, 0.5) is 0 Å². The van der Waals surface area contributed by atoms with Gasteiger partial charge in [0.15, 0.2) is 0 Å². The average Bonchev–Trinajstić information content (AvgIpc) is 2.35. The number of ether oxygens (including phenoxy) is 1. The van der Waals surface area contributed by atoms with Crippen LogP contribution in [0.15, 0.2) is 30.3 Å². The van der Waals surface area contributed by atoms with Gasteiger partial charge in [-0.15, -0.1) is 0 Å². The summed E-state index contributed by atoms with van der Waals surface area (Å²) in [7, 11) is -3.51. The predicted molar refractivity (Wildman–Crippen MR) is 82.2 cm³/mol. The second-order valence-electron chi connectivity index (χ2n) is 6.17. The van der Waals surface area contributed by atoms with E-state index in [4.69, 9.17) is 9.84 Å². The number of para-hydroxylation sites is 1. The first-order chi connectivity index (χ1) is 10.2. The molecule has 1 saturated carbocycles. The van der Waals surface area contributed by atoms with Crippen molar-refractivity contribution in [2.75, 3.05) is 6.54 Å². The summed E-state index contributed by atoms with van der Waals surface area (Å²) in [5.41, 5.74) is -0.704. The lowest BCUT2D eigenvalue weighted by Crippen LogP contribution is -2.49. The number of carbonyl (C=O) groups is 1. The van der Waals surface area contributed by atoms with Gasteiger partial charge in [-0.1, -0.05) is 18.2 Å². The highest BCUT2D eigenvalue weighted by Crippen LogP contribution is 2.32. The number of aliphatic carboxylic acids is 1. The number of hydrogen-bond donors (Lipinski definition) is 2. The average molecular weight is 327 g/mol. The van der Waals surface area contributed by atoms with Gasteiger partial charge in [-0.05, 0) is 38.8 Å². The standard InChI is InChI=1S/C15H21NO5S/c1-15(2,21-12-6-4-3-5-7-12)10-16-22(19,20)13-8-11(9-13)14(17)18/h3-7,11,13,16H,8-10H2,1-2H3,(H,17,18). The van der Waals surface area contributed by atoms with Crippen LogP contribution in [0, 0.1) is 5.92 Å². The molecule has 2 rings (SSSR count). The summed E-state index contributed by atoms with van der Waals surface area (Å²) in [6.45, 7) is 3.71. The number of sulfonamides is 1. The number of carboxylic acid groups (broad SMARTS) is 1.